The van der Waals surface area contributed by atoms with Crippen LogP contribution >= 0.6 is 12.6 Å². The quantitative estimate of drug-likeness (QED) is 0.414. The number of aliphatic hydroxyl groups excluding tert-OH is 1. The molecule has 0 aliphatic heterocycles. The maximum absolute atomic E-state index is 10.8. The summed E-state index contributed by atoms with van der Waals surface area (Å²) in [7, 11) is 1.77. The van der Waals surface area contributed by atoms with Crippen LogP contribution in [0.15, 0.2) is 18.2 Å². The molecule has 0 unspecified atom stereocenters. The number of benzene rings is 1. The number of aliphatic hydroxyl groups is 1. The SMILES string of the molecule is CCCCCCCC[C@H]1[C@H](O)C[C@@H]2Cc3c(cccc3OC)C[C@@]21C.CS. The Bertz CT molecular complexity index is 573. The van der Waals surface area contributed by atoms with Crippen LogP contribution in [-0.2, 0) is 12.8 Å². The highest BCUT2D eigenvalue weighted by atomic mass is 32.1. The third-order valence-electron chi connectivity index (χ3n) is 7.11. The van der Waals surface area contributed by atoms with Crippen molar-refractivity contribution in [1.82, 2.24) is 0 Å². The molecule has 1 saturated carbocycles. The van der Waals surface area contributed by atoms with Gasteiger partial charge in [-0.1, -0.05) is 64.5 Å². The van der Waals surface area contributed by atoms with Crippen molar-refractivity contribution in [2.24, 2.45) is 17.3 Å². The van der Waals surface area contributed by atoms with Gasteiger partial charge in [-0.05, 0) is 66.4 Å². The minimum Gasteiger partial charge on any atom is -0.496 e. The number of fused-ring (bicyclic) bond motifs is 2. The molecule has 1 N–H and O–H groups in total. The molecule has 4 atom stereocenters. The second-order valence-corrected chi connectivity index (χ2v) is 8.65. The van der Waals surface area contributed by atoms with Gasteiger partial charge in [0.25, 0.3) is 0 Å². The molecular formula is C24H40O2S. The van der Waals surface area contributed by atoms with Gasteiger partial charge in [-0.3, -0.25) is 0 Å². The Hall–Kier alpha value is -0.670. The van der Waals surface area contributed by atoms with Crippen LogP contribution in [0.2, 0.25) is 0 Å². The van der Waals surface area contributed by atoms with Crippen LogP contribution in [0.5, 0.6) is 5.75 Å². The molecule has 0 radical (unpaired) electrons. The Morgan fingerprint density at radius 3 is 2.56 bits per heavy atom. The van der Waals surface area contributed by atoms with Crippen molar-refractivity contribution in [2.75, 3.05) is 13.4 Å². The standard InChI is InChI=1S/C23H36O2.CH4S/c1-4-5-6-7-8-9-12-20-21(24)15-18-14-19-17(16-23(18,20)2)11-10-13-22(19)25-3;1-2/h10-11,13,18,20-21,24H,4-9,12,14-16H2,1-3H3;2H,1H3/t18-,20-,21+,23-;/m0./s1. The van der Waals surface area contributed by atoms with Crippen molar-refractivity contribution in [2.45, 2.75) is 84.2 Å². The Morgan fingerprint density at radius 2 is 1.85 bits per heavy atom. The molecule has 154 valence electrons. The molecule has 0 heterocycles. The van der Waals surface area contributed by atoms with Crippen LogP contribution in [0.25, 0.3) is 0 Å². The zero-order chi connectivity index (χ0) is 19.9. The molecule has 0 bridgehead atoms. The summed E-state index contributed by atoms with van der Waals surface area (Å²) in [6, 6.07) is 6.47. The maximum atomic E-state index is 10.8. The molecule has 2 aliphatic rings. The summed E-state index contributed by atoms with van der Waals surface area (Å²) in [4.78, 5) is 0. The van der Waals surface area contributed by atoms with Gasteiger partial charge in [0.2, 0.25) is 0 Å². The van der Waals surface area contributed by atoms with Gasteiger partial charge in [-0.25, -0.2) is 0 Å². The zero-order valence-corrected chi connectivity index (χ0v) is 18.7. The van der Waals surface area contributed by atoms with E-state index in [0.717, 1.165) is 25.0 Å². The van der Waals surface area contributed by atoms with Gasteiger partial charge in [0.1, 0.15) is 5.75 Å². The molecule has 2 nitrogen and oxygen atoms in total. The number of methoxy groups -OCH3 is 1. The molecule has 0 amide bonds. The molecule has 3 rings (SSSR count). The molecule has 3 heteroatoms. The maximum Gasteiger partial charge on any atom is 0.122 e. The van der Waals surface area contributed by atoms with Gasteiger partial charge >= 0.3 is 0 Å². The molecular weight excluding hydrogens is 352 g/mol. The van der Waals surface area contributed by atoms with Crippen LogP contribution in [0.3, 0.4) is 0 Å². The summed E-state index contributed by atoms with van der Waals surface area (Å²) >= 11 is 3.53. The predicted molar refractivity (Wildman–Crippen MR) is 119 cm³/mol. The van der Waals surface area contributed by atoms with E-state index in [0.29, 0.717) is 11.8 Å². The first-order valence-corrected chi connectivity index (χ1v) is 11.8. The van der Waals surface area contributed by atoms with Gasteiger partial charge in [0.05, 0.1) is 13.2 Å². The second-order valence-electron chi connectivity index (χ2n) is 8.65. The van der Waals surface area contributed by atoms with Gasteiger partial charge < -0.3 is 9.84 Å². The van der Waals surface area contributed by atoms with Gasteiger partial charge in [0.15, 0.2) is 0 Å². The van der Waals surface area contributed by atoms with Crippen LogP contribution in [-0.4, -0.2) is 24.6 Å². The zero-order valence-electron chi connectivity index (χ0n) is 17.8. The molecule has 0 aromatic heterocycles. The highest BCUT2D eigenvalue weighted by Crippen LogP contribution is 2.56. The molecule has 0 saturated heterocycles. The first-order chi connectivity index (χ1) is 13.1. The Balaban J connectivity index is 0.00000126. The van der Waals surface area contributed by atoms with Gasteiger partial charge in [0, 0.05) is 0 Å². The minimum absolute atomic E-state index is 0.119. The topological polar surface area (TPSA) is 29.5 Å². The Labute approximate surface area is 172 Å². The summed E-state index contributed by atoms with van der Waals surface area (Å²) in [5.74, 6) is 2.09. The smallest absolute Gasteiger partial charge is 0.122 e. The molecule has 1 aromatic rings. The first kappa shape index (κ1) is 22.6. The van der Waals surface area contributed by atoms with Gasteiger partial charge in [-0.2, -0.15) is 12.6 Å². The highest BCUT2D eigenvalue weighted by molar-refractivity contribution is 7.79. The molecule has 1 aromatic carbocycles. The summed E-state index contributed by atoms with van der Waals surface area (Å²) in [6.45, 7) is 4.71. The predicted octanol–water partition coefficient (Wildman–Crippen LogP) is 6.09. The lowest BCUT2D eigenvalue weighted by molar-refractivity contribution is 0.0656. The summed E-state index contributed by atoms with van der Waals surface area (Å²) in [5, 5.41) is 10.8. The number of hydrogen-bond acceptors (Lipinski definition) is 3. The van der Waals surface area contributed by atoms with E-state index in [1.54, 1.807) is 13.4 Å². The fraction of sp³-hybridized carbons (Fsp3) is 0.750. The van der Waals surface area contributed by atoms with Crippen molar-refractivity contribution in [1.29, 1.82) is 0 Å². The van der Waals surface area contributed by atoms with Crippen molar-refractivity contribution in [3.63, 3.8) is 0 Å². The Morgan fingerprint density at radius 1 is 1.15 bits per heavy atom. The number of ether oxygens (including phenoxy) is 1. The van der Waals surface area contributed by atoms with E-state index in [9.17, 15) is 5.11 Å². The van der Waals surface area contributed by atoms with E-state index >= 15 is 0 Å². The monoisotopic (exact) mass is 392 g/mol. The summed E-state index contributed by atoms with van der Waals surface area (Å²) < 4.78 is 5.60. The van der Waals surface area contributed by atoms with E-state index in [1.807, 2.05) is 0 Å². The summed E-state index contributed by atoms with van der Waals surface area (Å²) in [5.41, 5.74) is 3.09. The van der Waals surface area contributed by atoms with E-state index in [1.165, 1.54) is 56.1 Å². The van der Waals surface area contributed by atoms with E-state index in [2.05, 4.69) is 44.7 Å². The lowest BCUT2D eigenvalue weighted by Crippen LogP contribution is -2.37. The fourth-order valence-electron chi connectivity index (χ4n) is 5.58. The average molecular weight is 393 g/mol. The van der Waals surface area contributed by atoms with Crippen LogP contribution in [0.4, 0.5) is 0 Å². The third kappa shape index (κ3) is 5.03. The van der Waals surface area contributed by atoms with Crippen molar-refractivity contribution < 1.29 is 9.84 Å². The largest absolute Gasteiger partial charge is 0.496 e. The van der Waals surface area contributed by atoms with E-state index < -0.39 is 0 Å². The molecule has 0 spiro atoms. The molecule has 2 aliphatic carbocycles. The number of thiol groups is 1. The fourth-order valence-corrected chi connectivity index (χ4v) is 5.58. The molecule has 1 fully saturated rings. The molecule has 27 heavy (non-hydrogen) atoms. The number of rotatable bonds is 8. The van der Waals surface area contributed by atoms with Crippen LogP contribution in [0, 0.1) is 17.3 Å². The normalized spacial score (nSPS) is 28.7. The third-order valence-corrected chi connectivity index (χ3v) is 7.11. The van der Waals surface area contributed by atoms with Crippen molar-refractivity contribution >= 4 is 12.6 Å². The van der Waals surface area contributed by atoms with Crippen LogP contribution in [0.1, 0.15) is 76.3 Å². The Kier molecular flexibility index (Phi) is 9.01. The van der Waals surface area contributed by atoms with E-state index in [-0.39, 0.29) is 11.5 Å². The van der Waals surface area contributed by atoms with Gasteiger partial charge in [-0.15, -0.1) is 0 Å². The second kappa shape index (κ2) is 10.8. The minimum atomic E-state index is -0.119. The van der Waals surface area contributed by atoms with Crippen molar-refractivity contribution in [3.8, 4) is 5.75 Å². The lowest BCUT2D eigenvalue weighted by Gasteiger charge is -2.42. The highest BCUT2D eigenvalue weighted by Gasteiger charge is 2.52. The van der Waals surface area contributed by atoms with Crippen molar-refractivity contribution in [3.05, 3.63) is 29.3 Å². The number of hydrogen-bond donors (Lipinski definition) is 2. The first-order valence-electron chi connectivity index (χ1n) is 10.9. The summed E-state index contributed by atoms with van der Waals surface area (Å²) in [6.07, 6.45) is 13.9. The lowest BCUT2D eigenvalue weighted by atomic mass is 9.62. The average Bonchev–Trinajstić information content (AvgIpc) is 2.92. The van der Waals surface area contributed by atoms with Crippen LogP contribution < -0.4 is 4.74 Å². The van der Waals surface area contributed by atoms with E-state index in [4.69, 9.17) is 4.74 Å². The number of unbranched alkanes of at least 4 members (excludes halogenated alkanes) is 5.